The Morgan fingerprint density at radius 2 is 2.10 bits per heavy atom. The number of hydrogen-bond donors (Lipinski definition) is 0. The molecule has 0 radical (unpaired) electrons. The molecule has 0 aromatic heterocycles. The number of rotatable bonds is 5. The van der Waals surface area contributed by atoms with Crippen LogP contribution >= 0.6 is 0 Å². The standard InChI is InChI=1S/C6H10N4/c1-8-5-3-2-4-6-9-10-7/h2-6H2. The normalized spacial score (nSPS) is 7.90. The lowest BCUT2D eigenvalue weighted by Crippen LogP contribution is -1.82. The summed E-state index contributed by atoms with van der Waals surface area (Å²) in [5.74, 6) is 0. The summed E-state index contributed by atoms with van der Waals surface area (Å²) in [4.78, 5) is 5.82. The minimum absolute atomic E-state index is 0.564. The minimum Gasteiger partial charge on any atom is -0.317 e. The molecule has 0 unspecified atom stereocenters. The van der Waals surface area contributed by atoms with Gasteiger partial charge < -0.3 is 4.85 Å². The first-order chi connectivity index (χ1) is 4.91. The molecule has 0 aliphatic heterocycles. The van der Waals surface area contributed by atoms with Gasteiger partial charge in [0.05, 0.1) is 0 Å². The van der Waals surface area contributed by atoms with Crippen LogP contribution in [0, 0.1) is 6.57 Å². The second kappa shape index (κ2) is 7.80. The first kappa shape index (κ1) is 8.80. The predicted octanol–water partition coefficient (Wildman–Crippen LogP) is 2.39. The number of nitrogens with zero attached hydrogens (tertiary/aromatic N) is 4. The molecule has 0 saturated carbocycles. The van der Waals surface area contributed by atoms with Gasteiger partial charge in [-0.25, -0.2) is 6.57 Å². The average Bonchev–Trinajstić information content (AvgIpc) is 1.97. The third-order valence-corrected chi connectivity index (χ3v) is 1.09. The van der Waals surface area contributed by atoms with E-state index in [1.165, 1.54) is 0 Å². The summed E-state index contributed by atoms with van der Waals surface area (Å²) in [5.41, 5.74) is 7.88. The summed E-state index contributed by atoms with van der Waals surface area (Å²) >= 11 is 0. The molecule has 0 bridgehead atoms. The first-order valence-corrected chi connectivity index (χ1v) is 3.26. The van der Waals surface area contributed by atoms with Gasteiger partial charge in [-0.15, -0.1) is 0 Å². The third kappa shape index (κ3) is 6.80. The van der Waals surface area contributed by atoms with Crippen molar-refractivity contribution in [2.75, 3.05) is 13.1 Å². The van der Waals surface area contributed by atoms with Crippen molar-refractivity contribution >= 4 is 0 Å². The highest BCUT2D eigenvalue weighted by molar-refractivity contribution is 4.58. The van der Waals surface area contributed by atoms with Crippen LogP contribution in [0.5, 0.6) is 0 Å². The zero-order valence-corrected chi connectivity index (χ0v) is 5.82. The molecule has 0 atom stereocenters. The highest BCUT2D eigenvalue weighted by Crippen LogP contribution is 1.95. The van der Waals surface area contributed by atoms with E-state index in [1.54, 1.807) is 0 Å². The molecule has 0 N–H and O–H groups in total. The fraction of sp³-hybridized carbons (Fsp3) is 0.833. The topological polar surface area (TPSA) is 53.1 Å². The molecule has 0 fully saturated rings. The van der Waals surface area contributed by atoms with Gasteiger partial charge in [-0.1, -0.05) is 5.11 Å². The molecule has 0 aliphatic rings. The Morgan fingerprint density at radius 1 is 1.30 bits per heavy atom. The Hall–Kier alpha value is -1.20. The quantitative estimate of drug-likeness (QED) is 0.184. The van der Waals surface area contributed by atoms with E-state index >= 15 is 0 Å². The maximum absolute atomic E-state index is 7.88. The van der Waals surface area contributed by atoms with Crippen molar-refractivity contribution in [3.63, 3.8) is 0 Å². The molecule has 10 heavy (non-hydrogen) atoms. The molecular weight excluding hydrogens is 128 g/mol. The smallest absolute Gasteiger partial charge is 0.214 e. The Bertz CT molecular complexity index is 152. The van der Waals surface area contributed by atoms with E-state index in [0.29, 0.717) is 13.1 Å². The SMILES string of the molecule is [C-]#[N+]CCCCCN=[N+]=[N-]. The summed E-state index contributed by atoms with van der Waals surface area (Å²) < 4.78 is 0. The number of unbranched alkanes of at least 4 members (excludes halogenated alkanes) is 2. The zero-order valence-electron chi connectivity index (χ0n) is 5.82. The average molecular weight is 138 g/mol. The van der Waals surface area contributed by atoms with Gasteiger partial charge in [-0.2, -0.15) is 0 Å². The van der Waals surface area contributed by atoms with Crippen LogP contribution in [0.4, 0.5) is 0 Å². The summed E-state index contributed by atoms with van der Waals surface area (Å²) in [5, 5.41) is 3.37. The van der Waals surface area contributed by atoms with Gasteiger partial charge in [0, 0.05) is 17.9 Å². The minimum atomic E-state index is 0.564. The van der Waals surface area contributed by atoms with Crippen LogP contribution in [0.1, 0.15) is 19.3 Å². The Balaban J connectivity index is 2.92. The second-order valence-corrected chi connectivity index (χ2v) is 1.90. The van der Waals surface area contributed by atoms with E-state index < -0.39 is 0 Å². The monoisotopic (exact) mass is 138 g/mol. The van der Waals surface area contributed by atoms with E-state index in [2.05, 4.69) is 14.9 Å². The number of hydrogen-bond acceptors (Lipinski definition) is 1. The number of azide groups is 1. The fourth-order valence-corrected chi connectivity index (χ4v) is 0.595. The molecule has 0 saturated heterocycles. The van der Waals surface area contributed by atoms with Crippen molar-refractivity contribution in [2.24, 2.45) is 5.11 Å². The van der Waals surface area contributed by atoms with Gasteiger partial charge in [0.1, 0.15) is 0 Å². The zero-order chi connectivity index (χ0) is 7.66. The van der Waals surface area contributed by atoms with Gasteiger partial charge >= 0.3 is 0 Å². The van der Waals surface area contributed by atoms with Gasteiger partial charge in [0.2, 0.25) is 6.54 Å². The van der Waals surface area contributed by atoms with Crippen LogP contribution in [0.25, 0.3) is 15.3 Å². The van der Waals surface area contributed by atoms with Crippen LogP contribution < -0.4 is 0 Å². The molecule has 0 aromatic rings. The van der Waals surface area contributed by atoms with Crippen molar-refractivity contribution in [1.29, 1.82) is 0 Å². The van der Waals surface area contributed by atoms with E-state index in [0.717, 1.165) is 19.3 Å². The van der Waals surface area contributed by atoms with Crippen molar-refractivity contribution in [3.05, 3.63) is 21.9 Å². The lowest BCUT2D eigenvalue weighted by atomic mass is 10.2. The van der Waals surface area contributed by atoms with Crippen molar-refractivity contribution in [2.45, 2.75) is 19.3 Å². The molecular formula is C6H10N4. The highest BCUT2D eigenvalue weighted by Gasteiger charge is 1.87. The third-order valence-electron chi connectivity index (χ3n) is 1.09. The van der Waals surface area contributed by atoms with Crippen LogP contribution in [-0.4, -0.2) is 13.1 Å². The van der Waals surface area contributed by atoms with Crippen LogP contribution in [0.15, 0.2) is 5.11 Å². The maximum atomic E-state index is 7.88. The Morgan fingerprint density at radius 3 is 2.70 bits per heavy atom. The molecule has 0 aromatic carbocycles. The van der Waals surface area contributed by atoms with Crippen molar-refractivity contribution < 1.29 is 0 Å². The van der Waals surface area contributed by atoms with Crippen LogP contribution in [0.2, 0.25) is 0 Å². The van der Waals surface area contributed by atoms with Crippen molar-refractivity contribution in [3.8, 4) is 0 Å². The Labute approximate surface area is 60.3 Å². The lowest BCUT2D eigenvalue weighted by molar-refractivity contribution is 0.715. The van der Waals surface area contributed by atoms with Crippen molar-refractivity contribution in [1.82, 2.24) is 0 Å². The molecule has 0 heterocycles. The molecule has 0 rings (SSSR count). The van der Waals surface area contributed by atoms with Gasteiger partial charge in [0.15, 0.2) is 0 Å². The molecule has 0 amide bonds. The summed E-state index contributed by atoms with van der Waals surface area (Å²) in [6, 6.07) is 0. The largest absolute Gasteiger partial charge is 0.317 e. The maximum Gasteiger partial charge on any atom is 0.214 e. The van der Waals surface area contributed by atoms with Gasteiger partial charge in [0.25, 0.3) is 0 Å². The van der Waals surface area contributed by atoms with Gasteiger partial charge in [-0.05, 0) is 18.4 Å². The van der Waals surface area contributed by atoms with E-state index in [1.807, 2.05) is 0 Å². The van der Waals surface area contributed by atoms with Crippen LogP contribution in [-0.2, 0) is 0 Å². The van der Waals surface area contributed by atoms with E-state index in [9.17, 15) is 0 Å². The predicted molar refractivity (Wildman–Crippen MR) is 39.3 cm³/mol. The Kier molecular flexibility index (Phi) is 6.86. The summed E-state index contributed by atoms with van der Waals surface area (Å²) in [6.07, 6.45) is 2.81. The lowest BCUT2D eigenvalue weighted by Gasteiger charge is -1.88. The molecule has 4 nitrogen and oxygen atoms in total. The summed E-state index contributed by atoms with van der Waals surface area (Å²) in [7, 11) is 0. The molecule has 4 heteroatoms. The van der Waals surface area contributed by atoms with Gasteiger partial charge in [-0.3, -0.25) is 0 Å². The van der Waals surface area contributed by atoms with Crippen LogP contribution in [0.3, 0.4) is 0 Å². The first-order valence-electron chi connectivity index (χ1n) is 3.26. The second-order valence-electron chi connectivity index (χ2n) is 1.90. The molecule has 54 valence electrons. The van der Waals surface area contributed by atoms with E-state index in [-0.39, 0.29) is 0 Å². The summed E-state index contributed by atoms with van der Waals surface area (Å²) in [6.45, 7) is 7.62. The molecule has 0 aliphatic carbocycles. The highest BCUT2D eigenvalue weighted by atomic mass is 15.1. The van der Waals surface area contributed by atoms with E-state index in [4.69, 9.17) is 12.1 Å². The fourth-order valence-electron chi connectivity index (χ4n) is 0.595. The molecule has 0 spiro atoms.